The van der Waals surface area contributed by atoms with Crippen molar-refractivity contribution in [1.82, 2.24) is 0 Å². The molecule has 0 amide bonds. The minimum atomic E-state index is -0.193. The summed E-state index contributed by atoms with van der Waals surface area (Å²) in [6, 6.07) is 1.80. The SMILES string of the molecule is O=C(OCSC1CCCC1)c1ccsc1. The Morgan fingerprint density at radius 1 is 1.53 bits per heavy atom. The molecule has 1 aromatic heterocycles. The maximum atomic E-state index is 11.5. The number of thioether (sulfide) groups is 1. The summed E-state index contributed by atoms with van der Waals surface area (Å²) in [4.78, 5) is 11.5. The molecule has 4 heteroatoms. The Kier molecular flexibility index (Phi) is 4.09. The van der Waals surface area contributed by atoms with E-state index in [4.69, 9.17) is 4.74 Å². The van der Waals surface area contributed by atoms with Gasteiger partial charge in [-0.2, -0.15) is 11.3 Å². The Morgan fingerprint density at radius 3 is 3.00 bits per heavy atom. The molecule has 0 unspecified atom stereocenters. The van der Waals surface area contributed by atoms with E-state index < -0.39 is 0 Å². The fourth-order valence-electron chi connectivity index (χ4n) is 1.70. The molecular weight excluding hydrogens is 228 g/mol. The number of ether oxygens (including phenoxy) is 1. The van der Waals surface area contributed by atoms with Crippen LogP contribution in [0.2, 0.25) is 0 Å². The third-order valence-electron chi connectivity index (χ3n) is 2.55. The average Bonchev–Trinajstić information content (AvgIpc) is 2.90. The Balaban J connectivity index is 1.67. The molecule has 0 spiro atoms. The summed E-state index contributed by atoms with van der Waals surface area (Å²) in [5.41, 5.74) is 0.673. The molecule has 0 radical (unpaired) electrons. The number of rotatable bonds is 4. The highest BCUT2D eigenvalue weighted by atomic mass is 32.2. The van der Waals surface area contributed by atoms with Crippen LogP contribution in [-0.4, -0.2) is 17.2 Å². The number of carbonyl (C=O) groups is 1. The van der Waals surface area contributed by atoms with E-state index in [-0.39, 0.29) is 5.97 Å². The molecule has 1 aromatic rings. The topological polar surface area (TPSA) is 26.3 Å². The second kappa shape index (κ2) is 5.56. The van der Waals surface area contributed by atoms with Crippen LogP contribution in [0.3, 0.4) is 0 Å². The van der Waals surface area contributed by atoms with E-state index in [0.717, 1.165) is 0 Å². The fourth-order valence-corrected chi connectivity index (χ4v) is 3.36. The number of hydrogen-bond donors (Lipinski definition) is 0. The summed E-state index contributed by atoms with van der Waals surface area (Å²) >= 11 is 3.29. The summed E-state index contributed by atoms with van der Waals surface area (Å²) < 4.78 is 5.18. The van der Waals surface area contributed by atoms with Crippen molar-refractivity contribution in [3.63, 3.8) is 0 Å². The molecule has 82 valence electrons. The highest BCUT2D eigenvalue weighted by Gasteiger charge is 2.16. The number of esters is 1. The summed E-state index contributed by atoms with van der Waals surface area (Å²) in [6.07, 6.45) is 5.22. The van der Waals surface area contributed by atoms with E-state index in [9.17, 15) is 4.79 Å². The zero-order valence-corrected chi connectivity index (χ0v) is 10.1. The predicted octanol–water partition coefficient (Wildman–Crippen LogP) is 3.54. The van der Waals surface area contributed by atoms with Gasteiger partial charge in [0.2, 0.25) is 0 Å². The van der Waals surface area contributed by atoms with Gasteiger partial charge in [0.25, 0.3) is 0 Å². The zero-order valence-electron chi connectivity index (χ0n) is 8.48. The maximum absolute atomic E-state index is 11.5. The third-order valence-corrected chi connectivity index (χ3v) is 4.43. The molecule has 0 bridgehead atoms. The summed E-state index contributed by atoms with van der Waals surface area (Å²) in [5, 5.41) is 4.42. The van der Waals surface area contributed by atoms with Crippen molar-refractivity contribution in [2.24, 2.45) is 0 Å². The molecular formula is C11H14O2S2. The lowest BCUT2D eigenvalue weighted by Crippen LogP contribution is -2.05. The first kappa shape index (κ1) is 11.0. The Morgan fingerprint density at radius 2 is 2.33 bits per heavy atom. The van der Waals surface area contributed by atoms with Gasteiger partial charge in [0.1, 0.15) is 5.94 Å². The molecule has 0 aliphatic heterocycles. The lowest BCUT2D eigenvalue weighted by Gasteiger charge is -2.08. The molecule has 0 atom stereocenters. The first-order chi connectivity index (χ1) is 7.36. The van der Waals surface area contributed by atoms with Crippen LogP contribution in [0.5, 0.6) is 0 Å². The van der Waals surface area contributed by atoms with Crippen LogP contribution < -0.4 is 0 Å². The Bertz CT molecular complexity index is 302. The van der Waals surface area contributed by atoms with E-state index in [1.54, 1.807) is 17.8 Å². The van der Waals surface area contributed by atoms with Crippen LogP contribution in [0, 0.1) is 0 Å². The standard InChI is InChI=1S/C11H14O2S2/c12-11(9-5-6-14-7-9)13-8-15-10-3-1-2-4-10/h5-7,10H,1-4,8H2. The van der Waals surface area contributed by atoms with Gasteiger partial charge >= 0.3 is 5.97 Å². The van der Waals surface area contributed by atoms with Crippen molar-refractivity contribution in [1.29, 1.82) is 0 Å². The van der Waals surface area contributed by atoms with Crippen LogP contribution in [0.25, 0.3) is 0 Å². The van der Waals surface area contributed by atoms with Gasteiger partial charge in [0, 0.05) is 10.6 Å². The minimum Gasteiger partial charge on any atom is -0.451 e. The van der Waals surface area contributed by atoms with E-state index in [0.29, 0.717) is 16.8 Å². The number of hydrogen-bond acceptors (Lipinski definition) is 4. The first-order valence-electron chi connectivity index (χ1n) is 5.17. The zero-order chi connectivity index (χ0) is 10.5. The van der Waals surface area contributed by atoms with Crippen LogP contribution in [0.4, 0.5) is 0 Å². The van der Waals surface area contributed by atoms with Crippen LogP contribution in [-0.2, 0) is 4.74 Å². The van der Waals surface area contributed by atoms with E-state index >= 15 is 0 Å². The smallest absolute Gasteiger partial charge is 0.339 e. The normalized spacial score (nSPS) is 16.8. The van der Waals surface area contributed by atoms with Crippen LogP contribution >= 0.6 is 23.1 Å². The second-order valence-corrected chi connectivity index (χ2v) is 5.65. The molecule has 0 aromatic carbocycles. The Hall–Kier alpha value is -0.480. The van der Waals surface area contributed by atoms with Gasteiger partial charge < -0.3 is 4.74 Å². The van der Waals surface area contributed by atoms with Crippen LogP contribution in [0.1, 0.15) is 36.0 Å². The highest BCUT2D eigenvalue weighted by molar-refractivity contribution is 7.99. The minimum absolute atomic E-state index is 0.193. The van der Waals surface area contributed by atoms with Crippen molar-refractivity contribution in [3.05, 3.63) is 22.4 Å². The van der Waals surface area contributed by atoms with E-state index in [1.165, 1.54) is 37.0 Å². The molecule has 2 rings (SSSR count). The van der Waals surface area contributed by atoms with E-state index in [2.05, 4.69) is 0 Å². The fraction of sp³-hybridized carbons (Fsp3) is 0.545. The molecule has 2 nitrogen and oxygen atoms in total. The van der Waals surface area contributed by atoms with Gasteiger partial charge in [-0.1, -0.05) is 12.8 Å². The van der Waals surface area contributed by atoms with Crippen LogP contribution in [0.15, 0.2) is 16.8 Å². The van der Waals surface area contributed by atoms with Gasteiger partial charge in [-0.3, -0.25) is 0 Å². The molecule has 1 aliphatic carbocycles. The first-order valence-corrected chi connectivity index (χ1v) is 7.16. The lowest BCUT2D eigenvalue weighted by atomic mass is 10.4. The van der Waals surface area contributed by atoms with Crippen molar-refractivity contribution >= 4 is 29.1 Å². The average molecular weight is 242 g/mol. The van der Waals surface area contributed by atoms with Gasteiger partial charge in [0.15, 0.2) is 0 Å². The summed E-state index contributed by atoms with van der Waals surface area (Å²) in [5.74, 6) is 0.307. The van der Waals surface area contributed by atoms with Crippen molar-refractivity contribution in [2.45, 2.75) is 30.9 Å². The summed E-state index contributed by atoms with van der Waals surface area (Å²) in [6.45, 7) is 0. The molecule has 1 heterocycles. The molecule has 0 N–H and O–H groups in total. The molecule has 1 saturated carbocycles. The van der Waals surface area contributed by atoms with Gasteiger partial charge in [-0.25, -0.2) is 4.79 Å². The van der Waals surface area contributed by atoms with Crippen molar-refractivity contribution in [2.75, 3.05) is 5.94 Å². The monoisotopic (exact) mass is 242 g/mol. The number of thiophene rings is 1. The second-order valence-electron chi connectivity index (χ2n) is 3.63. The van der Waals surface area contributed by atoms with Crippen molar-refractivity contribution < 1.29 is 9.53 Å². The number of carbonyl (C=O) groups excluding carboxylic acids is 1. The Labute approximate surface area is 98.0 Å². The summed E-state index contributed by atoms with van der Waals surface area (Å²) in [7, 11) is 0. The van der Waals surface area contributed by atoms with Gasteiger partial charge in [-0.15, -0.1) is 11.8 Å². The van der Waals surface area contributed by atoms with E-state index in [1.807, 2.05) is 10.8 Å². The maximum Gasteiger partial charge on any atom is 0.339 e. The van der Waals surface area contributed by atoms with Crippen molar-refractivity contribution in [3.8, 4) is 0 Å². The molecule has 0 saturated heterocycles. The third kappa shape index (κ3) is 3.24. The largest absolute Gasteiger partial charge is 0.451 e. The van der Waals surface area contributed by atoms with Gasteiger partial charge in [0.05, 0.1) is 5.56 Å². The quantitative estimate of drug-likeness (QED) is 0.596. The lowest BCUT2D eigenvalue weighted by molar-refractivity contribution is 0.0579. The van der Waals surface area contributed by atoms with Gasteiger partial charge in [-0.05, 0) is 24.3 Å². The molecule has 1 fully saturated rings. The molecule has 15 heavy (non-hydrogen) atoms. The molecule has 1 aliphatic rings. The highest BCUT2D eigenvalue weighted by Crippen LogP contribution is 2.29. The predicted molar refractivity (Wildman–Crippen MR) is 64.4 cm³/mol.